The standard InChI is InChI=1S/C31H32N4O/c1-21(2)18-23(4)19-22(3)11-16-29-26-15-14-25(20-30(26)35-34-29)33-28-10-6-5-9-27(28)31(36)32-17-7-8-24-12-13-24/h5-6,9-11,14-16,18-20,24,33H,1,12-13,17H2,2-4H3,(H,32,36)(H,34,35)/b16-11+,22-19+,23-18-. The Labute approximate surface area is 213 Å². The van der Waals surface area contributed by atoms with Crippen LogP contribution < -0.4 is 10.6 Å². The molecule has 1 aliphatic carbocycles. The summed E-state index contributed by atoms with van der Waals surface area (Å²) < 4.78 is 0. The largest absolute Gasteiger partial charge is 0.355 e. The van der Waals surface area contributed by atoms with Crippen molar-refractivity contribution in [3.8, 4) is 11.8 Å². The van der Waals surface area contributed by atoms with E-state index in [4.69, 9.17) is 0 Å². The lowest BCUT2D eigenvalue weighted by Gasteiger charge is -2.11. The van der Waals surface area contributed by atoms with E-state index in [2.05, 4.69) is 71.3 Å². The third-order valence-electron chi connectivity index (χ3n) is 5.70. The predicted molar refractivity (Wildman–Crippen MR) is 150 cm³/mol. The Morgan fingerprint density at radius 1 is 1.14 bits per heavy atom. The molecule has 5 heteroatoms. The predicted octanol–water partition coefficient (Wildman–Crippen LogP) is 6.93. The van der Waals surface area contributed by atoms with Crippen LogP contribution in [0.3, 0.4) is 0 Å². The number of anilines is 2. The number of allylic oxidation sites excluding steroid dienone is 6. The van der Waals surface area contributed by atoms with Crippen LogP contribution in [0.15, 0.2) is 84.0 Å². The minimum atomic E-state index is -0.144. The van der Waals surface area contributed by atoms with Crippen LogP contribution in [0, 0.1) is 17.8 Å². The van der Waals surface area contributed by atoms with Crippen LogP contribution in [0.2, 0.25) is 0 Å². The van der Waals surface area contributed by atoms with E-state index in [0.29, 0.717) is 18.0 Å². The van der Waals surface area contributed by atoms with E-state index in [1.807, 2.05) is 55.5 Å². The van der Waals surface area contributed by atoms with Crippen LogP contribution in [-0.4, -0.2) is 22.6 Å². The molecule has 0 radical (unpaired) electrons. The zero-order chi connectivity index (χ0) is 25.5. The molecule has 0 unspecified atom stereocenters. The van der Waals surface area contributed by atoms with E-state index in [1.165, 1.54) is 12.8 Å². The van der Waals surface area contributed by atoms with E-state index in [-0.39, 0.29) is 5.91 Å². The molecule has 1 aliphatic rings. The second kappa shape index (κ2) is 11.4. The monoisotopic (exact) mass is 476 g/mol. The molecule has 0 saturated heterocycles. The Morgan fingerprint density at radius 2 is 1.94 bits per heavy atom. The first-order valence-electron chi connectivity index (χ1n) is 12.2. The van der Waals surface area contributed by atoms with E-state index in [0.717, 1.165) is 44.7 Å². The Hall–Kier alpha value is -4.30. The molecule has 0 atom stereocenters. The summed E-state index contributed by atoms with van der Waals surface area (Å²) in [5.41, 5.74) is 7.30. The van der Waals surface area contributed by atoms with Gasteiger partial charge < -0.3 is 10.6 Å². The molecule has 36 heavy (non-hydrogen) atoms. The minimum Gasteiger partial charge on any atom is -0.355 e. The highest BCUT2D eigenvalue weighted by Gasteiger charge is 2.17. The first kappa shape index (κ1) is 24.8. The van der Waals surface area contributed by atoms with Gasteiger partial charge in [-0.2, -0.15) is 5.10 Å². The van der Waals surface area contributed by atoms with Crippen LogP contribution in [0.1, 0.15) is 49.7 Å². The number of nitrogens with one attached hydrogen (secondary N) is 3. The summed E-state index contributed by atoms with van der Waals surface area (Å²) in [5, 5.41) is 14.9. The van der Waals surface area contributed by atoms with Crippen LogP contribution >= 0.6 is 0 Å². The van der Waals surface area contributed by atoms with E-state index < -0.39 is 0 Å². The molecule has 4 rings (SSSR count). The Bertz CT molecular complexity index is 1440. The molecule has 0 aliphatic heterocycles. The summed E-state index contributed by atoms with van der Waals surface area (Å²) in [7, 11) is 0. The Morgan fingerprint density at radius 3 is 2.72 bits per heavy atom. The third-order valence-corrected chi connectivity index (χ3v) is 5.70. The van der Waals surface area contributed by atoms with Crippen molar-refractivity contribution < 1.29 is 4.79 Å². The first-order valence-corrected chi connectivity index (χ1v) is 12.2. The maximum absolute atomic E-state index is 12.7. The summed E-state index contributed by atoms with van der Waals surface area (Å²) in [5.74, 6) is 6.59. The van der Waals surface area contributed by atoms with Crippen LogP contribution in [0.25, 0.3) is 17.0 Å². The highest BCUT2D eigenvalue weighted by Crippen LogP contribution is 2.27. The average molecular weight is 477 g/mol. The number of rotatable bonds is 8. The van der Waals surface area contributed by atoms with E-state index >= 15 is 0 Å². The topological polar surface area (TPSA) is 69.8 Å². The van der Waals surface area contributed by atoms with Crippen molar-refractivity contribution in [3.05, 3.63) is 95.2 Å². The molecule has 0 bridgehead atoms. The summed E-state index contributed by atoms with van der Waals surface area (Å²) in [6.07, 6.45) is 10.6. The van der Waals surface area contributed by atoms with Crippen molar-refractivity contribution in [2.75, 3.05) is 11.9 Å². The smallest absolute Gasteiger partial charge is 0.254 e. The molecule has 3 N–H and O–H groups in total. The molecule has 1 saturated carbocycles. The number of carbonyl (C=O) groups is 1. The highest BCUT2D eigenvalue weighted by atomic mass is 16.1. The lowest BCUT2D eigenvalue weighted by atomic mass is 10.1. The summed E-state index contributed by atoms with van der Waals surface area (Å²) in [6, 6.07) is 13.5. The van der Waals surface area contributed by atoms with Gasteiger partial charge in [-0.05, 0) is 70.0 Å². The number of aromatic amines is 1. The van der Waals surface area contributed by atoms with Crippen molar-refractivity contribution in [1.82, 2.24) is 15.5 Å². The van der Waals surface area contributed by atoms with Crippen LogP contribution in [0.5, 0.6) is 0 Å². The number of fused-ring (bicyclic) bond motifs is 1. The average Bonchev–Trinajstić information content (AvgIpc) is 3.58. The molecule has 1 amide bonds. The first-order chi connectivity index (χ1) is 17.4. The number of nitrogens with zero attached hydrogens (tertiary/aromatic N) is 1. The normalized spacial score (nSPS) is 14.0. The van der Waals surface area contributed by atoms with Crippen molar-refractivity contribution in [2.24, 2.45) is 5.92 Å². The van der Waals surface area contributed by atoms with Crippen LogP contribution in [-0.2, 0) is 0 Å². The van der Waals surface area contributed by atoms with Gasteiger partial charge in [0.2, 0.25) is 0 Å². The van der Waals surface area contributed by atoms with Gasteiger partial charge in [-0.1, -0.05) is 65.5 Å². The van der Waals surface area contributed by atoms with Gasteiger partial charge in [0.1, 0.15) is 0 Å². The van der Waals surface area contributed by atoms with E-state index in [9.17, 15) is 4.79 Å². The fourth-order valence-electron chi connectivity index (χ4n) is 3.88. The van der Waals surface area contributed by atoms with Crippen molar-refractivity contribution in [3.63, 3.8) is 0 Å². The molecule has 1 fully saturated rings. The molecule has 1 heterocycles. The second-order valence-corrected chi connectivity index (χ2v) is 9.27. The molecular weight excluding hydrogens is 444 g/mol. The van der Waals surface area contributed by atoms with Gasteiger partial charge in [0.05, 0.1) is 29.0 Å². The molecule has 3 aromatic rings. The number of para-hydroxylation sites is 1. The highest BCUT2D eigenvalue weighted by molar-refractivity contribution is 6.00. The SMILES string of the molecule is C=C(C)\C=C(C)/C=C(C)/C=C/c1n[nH]c2cc(Nc3ccccc3C(=O)NCC#CC3CC3)ccc12. The lowest BCUT2D eigenvalue weighted by Crippen LogP contribution is -2.24. The van der Waals surface area contributed by atoms with Gasteiger partial charge in [-0.3, -0.25) is 9.89 Å². The summed E-state index contributed by atoms with van der Waals surface area (Å²) in [4.78, 5) is 12.7. The molecular formula is C31H32N4O. The third kappa shape index (κ3) is 6.86. The molecule has 182 valence electrons. The Balaban J connectivity index is 1.46. The number of amides is 1. The van der Waals surface area contributed by atoms with Gasteiger partial charge in [-0.15, -0.1) is 0 Å². The number of hydrogen-bond donors (Lipinski definition) is 3. The van der Waals surface area contributed by atoms with Gasteiger partial charge >= 0.3 is 0 Å². The van der Waals surface area contributed by atoms with Crippen molar-refractivity contribution >= 4 is 34.3 Å². The van der Waals surface area contributed by atoms with Crippen molar-refractivity contribution in [1.29, 1.82) is 0 Å². The molecule has 1 aromatic heterocycles. The maximum atomic E-state index is 12.7. The van der Waals surface area contributed by atoms with Gasteiger partial charge in [0.15, 0.2) is 0 Å². The number of H-pyrrole nitrogens is 1. The Kier molecular flexibility index (Phi) is 7.87. The lowest BCUT2D eigenvalue weighted by molar-refractivity contribution is 0.0959. The fraction of sp³-hybridized carbons (Fsp3) is 0.226. The fourth-order valence-corrected chi connectivity index (χ4v) is 3.88. The second-order valence-electron chi connectivity index (χ2n) is 9.27. The van der Waals surface area contributed by atoms with Gasteiger partial charge in [0, 0.05) is 17.0 Å². The van der Waals surface area contributed by atoms with Gasteiger partial charge in [-0.25, -0.2) is 0 Å². The summed E-state index contributed by atoms with van der Waals surface area (Å²) in [6.45, 7) is 10.4. The summed E-state index contributed by atoms with van der Waals surface area (Å²) >= 11 is 0. The van der Waals surface area contributed by atoms with E-state index in [1.54, 1.807) is 0 Å². The number of benzene rings is 2. The maximum Gasteiger partial charge on any atom is 0.254 e. The molecule has 5 nitrogen and oxygen atoms in total. The number of aromatic nitrogens is 2. The number of hydrogen-bond acceptors (Lipinski definition) is 3. The minimum absolute atomic E-state index is 0.144. The van der Waals surface area contributed by atoms with Crippen LogP contribution in [0.4, 0.5) is 11.4 Å². The molecule has 2 aromatic carbocycles. The molecule has 0 spiro atoms. The zero-order valence-corrected chi connectivity index (χ0v) is 21.1. The zero-order valence-electron chi connectivity index (χ0n) is 21.1. The van der Waals surface area contributed by atoms with Gasteiger partial charge in [0.25, 0.3) is 5.91 Å². The quantitative estimate of drug-likeness (QED) is 0.244. The number of carbonyl (C=O) groups excluding carboxylic acids is 1. The van der Waals surface area contributed by atoms with Crippen molar-refractivity contribution in [2.45, 2.75) is 33.6 Å².